The van der Waals surface area contributed by atoms with Gasteiger partial charge in [0.25, 0.3) is 0 Å². The molecular weight excluding hydrogens is 313 g/mol. The molecule has 0 fully saturated rings. The second-order valence-corrected chi connectivity index (χ2v) is 5.49. The van der Waals surface area contributed by atoms with Gasteiger partial charge in [-0.15, -0.1) is 0 Å². The minimum absolute atomic E-state index is 0.297. The maximum Gasteiger partial charge on any atom is 0.123 e. The lowest BCUT2D eigenvalue weighted by atomic mass is 9.95. The molecule has 25 heavy (non-hydrogen) atoms. The lowest BCUT2D eigenvalue weighted by Crippen LogP contribution is -1.99. The average Bonchev–Trinajstić information content (AvgIpc) is 2.65. The number of aromatic nitrogens is 2. The van der Waals surface area contributed by atoms with Crippen molar-refractivity contribution in [3.05, 3.63) is 77.9 Å². The molecule has 0 spiro atoms. The van der Waals surface area contributed by atoms with Gasteiger partial charge in [0.05, 0.1) is 11.2 Å². The van der Waals surface area contributed by atoms with Crippen molar-refractivity contribution in [3.8, 4) is 11.3 Å². The Balaban J connectivity index is 2.36. The van der Waals surface area contributed by atoms with Crippen LogP contribution in [0, 0.1) is 11.2 Å². The molecule has 0 saturated carbocycles. The van der Waals surface area contributed by atoms with Gasteiger partial charge >= 0.3 is 0 Å². The second-order valence-electron chi connectivity index (χ2n) is 5.49. The van der Waals surface area contributed by atoms with E-state index in [0.717, 1.165) is 39.8 Å². The van der Waals surface area contributed by atoms with E-state index in [1.165, 1.54) is 18.3 Å². The molecule has 0 unspecified atom stereocenters. The largest absolute Gasteiger partial charge is 0.309 e. The number of benzene rings is 1. The van der Waals surface area contributed by atoms with Crippen molar-refractivity contribution < 1.29 is 4.39 Å². The summed E-state index contributed by atoms with van der Waals surface area (Å²) in [5, 5.41) is 7.80. The van der Waals surface area contributed by atoms with Crippen molar-refractivity contribution >= 4 is 23.2 Å². The summed E-state index contributed by atoms with van der Waals surface area (Å²) in [6, 6.07) is 10.3. The Morgan fingerprint density at radius 3 is 2.72 bits per heavy atom. The predicted octanol–water partition coefficient (Wildman–Crippen LogP) is 5.22. The zero-order chi connectivity index (χ0) is 17.6. The van der Waals surface area contributed by atoms with Crippen LogP contribution in [0.1, 0.15) is 18.2 Å². The summed E-state index contributed by atoms with van der Waals surface area (Å²) >= 11 is 0. The molecule has 0 saturated heterocycles. The highest BCUT2D eigenvalue weighted by Gasteiger charge is 2.15. The van der Waals surface area contributed by atoms with Gasteiger partial charge in [0.1, 0.15) is 5.82 Å². The van der Waals surface area contributed by atoms with E-state index >= 15 is 0 Å². The van der Waals surface area contributed by atoms with Crippen molar-refractivity contribution in [1.82, 2.24) is 9.97 Å². The standard InChI is InChI=1S/C21H18FN3/c1-2-18-16(8-4-3-6-12-23)21(20-9-5-7-13-24-20)17-14-15(22)10-11-19(17)25-18/h3-14,23H,2H2,1H3/b6-3-,8-4+,23-12?. The van der Waals surface area contributed by atoms with E-state index in [2.05, 4.69) is 4.98 Å². The molecule has 0 bridgehead atoms. The SMILES string of the molecule is CCc1nc2ccc(F)cc2c(-c2ccccn2)c1/C=C/C=C\C=N. The fraction of sp³-hybridized carbons (Fsp3) is 0.0952. The molecule has 0 atom stereocenters. The van der Waals surface area contributed by atoms with Crippen LogP contribution in [0.4, 0.5) is 4.39 Å². The van der Waals surface area contributed by atoms with Crippen LogP contribution in [0.3, 0.4) is 0 Å². The van der Waals surface area contributed by atoms with E-state index in [4.69, 9.17) is 10.4 Å². The molecule has 3 aromatic rings. The van der Waals surface area contributed by atoms with Crippen LogP contribution in [-0.2, 0) is 6.42 Å². The number of fused-ring (bicyclic) bond motifs is 1. The van der Waals surface area contributed by atoms with Crippen molar-refractivity contribution in [3.63, 3.8) is 0 Å². The van der Waals surface area contributed by atoms with Crippen LogP contribution in [0.15, 0.2) is 60.8 Å². The monoisotopic (exact) mass is 331 g/mol. The van der Waals surface area contributed by atoms with Crippen LogP contribution in [0.5, 0.6) is 0 Å². The molecule has 3 rings (SSSR count). The quantitative estimate of drug-likeness (QED) is 0.515. The zero-order valence-corrected chi connectivity index (χ0v) is 13.9. The number of hydrogen-bond acceptors (Lipinski definition) is 3. The number of nitrogens with zero attached hydrogens (tertiary/aromatic N) is 2. The van der Waals surface area contributed by atoms with Crippen molar-refractivity contribution in [2.75, 3.05) is 0 Å². The average molecular weight is 331 g/mol. The molecule has 124 valence electrons. The first-order valence-electron chi connectivity index (χ1n) is 8.12. The lowest BCUT2D eigenvalue weighted by molar-refractivity contribution is 0.629. The summed E-state index contributed by atoms with van der Waals surface area (Å²) in [6.45, 7) is 2.05. The van der Waals surface area contributed by atoms with E-state index in [1.54, 1.807) is 24.4 Å². The van der Waals surface area contributed by atoms with Crippen molar-refractivity contribution in [2.24, 2.45) is 0 Å². The maximum atomic E-state index is 13.9. The fourth-order valence-electron chi connectivity index (χ4n) is 2.81. The number of nitrogens with one attached hydrogen (secondary N) is 1. The number of aryl methyl sites for hydroxylation is 1. The van der Waals surface area contributed by atoms with Crippen LogP contribution >= 0.6 is 0 Å². The van der Waals surface area contributed by atoms with Gasteiger partial charge in [-0.1, -0.05) is 31.2 Å². The molecule has 2 heterocycles. The predicted molar refractivity (Wildman–Crippen MR) is 101 cm³/mol. The first-order valence-corrected chi connectivity index (χ1v) is 8.12. The van der Waals surface area contributed by atoms with Gasteiger partial charge < -0.3 is 5.41 Å². The van der Waals surface area contributed by atoms with Crippen LogP contribution < -0.4 is 0 Å². The van der Waals surface area contributed by atoms with Crippen LogP contribution in [0.2, 0.25) is 0 Å². The summed E-state index contributed by atoms with van der Waals surface area (Å²) in [4.78, 5) is 9.18. The van der Waals surface area contributed by atoms with Gasteiger partial charge in [0.15, 0.2) is 0 Å². The van der Waals surface area contributed by atoms with Gasteiger partial charge in [0, 0.05) is 34.6 Å². The van der Waals surface area contributed by atoms with Crippen molar-refractivity contribution in [1.29, 1.82) is 5.41 Å². The summed E-state index contributed by atoms with van der Waals surface area (Å²) < 4.78 is 13.9. The highest BCUT2D eigenvalue weighted by molar-refractivity contribution is 5.98. The molecule has 4 heteroatoms. The molecule has 2 aromatic heterocycles. The molecular formula is C21H18FN3. The summed E-state index contributed by atoms with van der Waals surface area (Å²) in [7, 11) is 0. The Kier molecular flexibility index (Phi) is 5.09. The maximum absolute atomic E-state index is 13.9. The first kappa shape index (κ1) is 16.7. The van der Waals surface area contributed by atoms with Gasteiger partial charge in [-0.3, -0.25) is 9.97 Å². The van der Waals surface area contributed by atoms with E-state index in [0.29, 0.717) is 0 Å². The number of rotatable bonds is 5. The van der Waals surface area contributed by atoms with E-state index < -0.39 is 0 Å². The third-order valence-corrected chi connectivity index (χ3v) is 3.90. The summed E-state index contributed by atoms with van der Waals surface area (Å²) in [5.74, 6) is -0.297. The minimum Gasteiger partial charge on any atom is -0.309 e. The van der Waals surface area contributed by atoms with Crippen molar-refractivity contribution in [2.45, 2.75) is 13.3 Å². The van der Waals surface area contributed by atoms with E-state index in [9.17, 15) is 4.39 Å². The van der Waals surface area contributed by atoms with Crippen LogP contribution in [0.25, 0.3) is 28.2 Å². The Bertz CT molecular complexity index is 960. The Labute approximate surface area is 146 Å². The third kappa shape index (κ3) is 3.53. The summed E-state index contributed by atoms with van der Waals surface area (Å²) in [5.41, 5.74) is 4.27. The Morgan fingerprint density at radius 1 is 1.12 bits per heavy atom. The highest BCUT2D eigenvalue weighted by Crippen LogP contribution is 2.33. The van der Waals surface area contributed by atoms with Gasteiger partial charge in [0.2, 0.25) is 0 Å². The number of allylic oxidation sites excluding steroid dienone is 3. The molecule has 1 N–H and O–H groups in total. The van der Waals surface area contributed by atoms with E-state index in [-0.39, 0.29) is 5.82 Å². The molecule has 0 aliphatic heterocycles. The molecule has 0 amide bonds. The number of hydrogen-bond donors (Lipinski definition) is 1. The number of halogens is 1. The fourth-order valence-corrected chi connectivity index (χ4v) is 2.81. The Morgan fingerprint density at radius 2 is 2.00 bits per heavy atom. The normalized spacial score (nSPS) is 11.6. The second kappa shape index (κ2) is 7.62. The zero-order valence-electron chi connectivity index (χ0n) is 13.9. The van der Waals surface area contributed by atoms with Gasteiger partial charge in [-0.2, -0.15) is 0 Å². The summed E-state index contributed by atoms with van der Waals surface area (Å²) in [6.07, 6.45) is 10.9. The number of pyridine rings is 2. The molecule has 3 nitrogen and oxygen atoms in total. The molecule has 1 aromatic carbocycles. The molecule has 0 aliphatic carbocycles. The minimum atomic E-state index is -0.297. The molecule has 0 radical (unpaired) electrons. The first-order chi connectivity index (χ1) is 12.2. The third-order valence-electron chi connectivity index (χ3n) is 3.90. The smallest absolute Gasteiger partial charge is 0.123 e. The molecule has 0 aliphatic rings. The topological polar surface area (TPSA) is 49.6 Å². The van der Waals surface area contributed by atoms with Crippen LogP contribution in [-0.4, -0.2) is 16.2 Å². The van der Waals surface area contributed by atoms with Gasteiger partial charge in [-0.25, -0.2) is 4.39 Å². The highest BCUT2D eigenvalue weighted by atomic mass is 19.1. The Hall–Kier alpha value is -3.14. The lowest BCUT2D eigenvalue weighted by Gasteiger charge is -2.14. The van der Waals surface area contributed by atoms with Gasteiger partial charge in [-0.05, 0) is 42.8 Å². The van der Waals surface area contributed by atoms with E-state index in [1.807, 2.05) is 37.3 Å².